The molecule has 1 aromatic carbocycles. The molecule has 2 rings (SSSR count). The van der Waals surface area contributed by atoms with Gasteiger partial charge in [-0.25, -0.2) is 0 Å². The quantitative estimate of drug-likeness (QED) is 0.809. The van der Waals surface area contributed by atoms with E-state index in [1.807, 2.05) is 19.2 Å². The summed E-state index contributed by atoms with van der Waals surface area (Å²) < 4.78 is 7.01. The first-order valence-electron chi connectivity index (χ1n) is 6.13. The number of rotatable bonds is 6. The molecule has 4 heteroatoms. The number of aromatic nitrogens is 1. The molecular formula is C14H20N2O2. The average molecular weight is 248 g/mol. The first-order chi connectivity index (χ1) is 8.72. The van der Waals surface area contributed by atoms with E-state index in [0.717, 1.165) is 6.54 Å². The lowest BCUT2D eigenvalue weighted by Crippen LogP contribution is -2.29. The van der Waals surface area contributed by atoms with Crippen molar-refractivity contribution in [2.45, 2.75) is 12.6 Å². The van der Waals surface area contributed by atoms with Gasteiger partial charge >= 0.3 is 0 Å². The fraction of sp³-hybridized carbons (Fsp3) is 0.429. The summed E-state index contributed by atoms with van der Waals surface area (Å²) in [5.41, 5.74) is 2.48. The Balaban J connectivity index is 2.00. The minimum Gasteiger partial charge on any atom is -0.389 e. The molecule has 1 heterocycles. The molecule has 0 aliphatic rings. The molecule has 0 radical (unpaired) electrons. The van der Waals surface area contributed by atoms with E-state index in [-0.39, 0.29) is 0 Å². The van der Waals surface area contributed by atoms with Crippen LogP contribution in [0.2, 0.25) is 0 Å². The van der Waals surface area contributed by atoms with E-state index in [9.17, 15) is 5.11 Å². The molecule has 4 nitrogen and oxygen atoms in total. The molecule has 0 bridgehead atoms. The Morgan fingerprint density at radius 1 is 1.39 bits per heavy atom. The summed E-state index contributed by atoms with van der Waals surface area (Å²) in [6, 6.07) is 8.32. The van der Waals surface area contributed by atoms with Crippen LogP contribution in [0, 0.1) is 0 Å². The van der Waals surface area contributed by atoms with Crippen molar-refractivity contribution in [1.82, 2.24) is 9.88 Å². The summed E-state index contributed by atoms with van der Waals surface area (Å²) in [6.45, 7) is 1.65. The highest BCUT2D eigenvalue weighted by Gasteiger charge is 2.07. The summed E-state index contributed by atoms with van der Waals surface area (Å²) in [7, 11) is 3.64. The monoisotopic (exact) mass is 248 g/mol. The maximum Gasteiger partial charge on any atom is 0.0897 e. The first-order valence-corrected chi connectivity index (χ1v) is 6.13. The SMILES string of the molecule is COCC(O)CNCc1cn(C)c2ccccc12. The highest BCUT2D eigenvalue weighted by molar-refractivity contribution is 5.83. The van der Waals surface area contributed by atoms with Crippen LogP contribution < -0.4 is 5.32 Å². The van der Waals surface area contributed by atoms with Crippen molar-refractivity contribution in [1.29, 1.82) is 0 Å². The third-order valence-electron chi connectivity index (χ3n) is 3.03. The summed E-state index contributed by atoms with van der Waals surface area (Å²) in [5.74, 6) is 0. The maximum absolute atomic E-state index is 9.55. The van der Waals surface area contributed by atoms with Crippen LogP contribution >= 0.6 is 0 Å². The Kier molecular flexibility index (Phi) is 4.36. The van der Waals surface area contributed by atoms with Crippen molar-refractivity contribution >= 4 is 10.9 Å². The summed E-state index contributed by atoms with van der Waals surface area (Å²) in [6.07, 6.45) is 1.67. The molecule has 1 unspecified atom stereocenters. The van der Waals surface area contributed by atoms with Crippen LogP contribution in [0.3, 0.4) is 0 Å². The normalized spacial score (nSPS) is 13.1. The number of nitrogens with one attached hydrogen (secondary N) is 1. The predicted molar refractivity (Wildman–Crippen MR) is 72.5 cm³/mol. The average Bonchev–Trinajstić information content (AvgIpc) is 2.68. The molecular weight excluding hydrogens is 228 g/mol. The van der Waals surface area contributed by atoms with E-state index >= 15 is 0 Å². The van der Waals surface area contributed by atoms with Gasteiger partial charge in [0.15, 0.2) is 0 Å². The minimum atomic E-state index is -0.454. The number of para-hydroxylation sites is 1. The van der Waals surface area contributed by atoms with Crippen LogP contribution in [-0.4, -0.2) is 36.0 Å². The van der Waals surface area contributed by atoms with Gasteiger partial charge in [0.2, 0.25) is 0 Å². The van der Waals surface area contributed by atoms with E-state index < -0.39 is 6.10 Å². The second-order valence-electron chi connectivity index (χ2n) is 4.52. The van der Waals surface area contributed by atoms with Gasteiger partial charge < -0.3 is 19.7 Å². The van der Waals surface area contributed by atoms with E-state index in [0.29, 0.717) is 13.2 Å². The molecule has 0 saturated heterocycles. The van der Waals surface area contributed by atoms with Gasteiger partial charge in [0, 0.05) is 44.3 Å². The lowest BCUT2D eigenvalue weighted by molar-refractivity contribution is 0.0644. The number of aryl methyl sites for hydroxylation is 1. The van der Waals surface area contributed by atoms with Gasteiger partial charge in [0.05, 0.1) is 12.7 Å². The number of methoxy groups -OCH3 is 1. The molecule has 0 amide bonds. The molecule has 0 spiro atoms. The van der Waals surface area contributed by atoms with E-state index in [4.69, 9.17) is 4.74 Å². The number of aliphatic hydroxyl groups excluding tert-OH is 1. The minimum absolute atomic E-state index is 0.364. The van der Waals surface area contributed by atoms with Crippen LogP contribution in [0.25, 0.3) is 10.9 Å². The van der Waals surface area contributed by atoms with Gasteiger partial charge in [-0.15, -0.1) is 0 Å². The second-order valence-corrected chi connectivity index (χ2v) is 4.52. The van der Waals surface area contributed by atoms with Gasteiger partial charge in [-0.1, -0.05) is 18.2 Å². The number of hydrogen-bond acceptors (Lipinski definition) is 3. The zero-order chi connectivity index (χ0) is 13.0. The molecule has 1 atom stereocenters. The molecule has 0 saturated carbocycles. The molecule has 0 aliphatic heterocycles. The van der Waals surface area contributed by atoms with Gasteiger partial charge in [0.1, 0.15) is 0 Å². The molecule has 1 aromatic heterocycles. The van der Waals surface area contributed by atoms with Gasteiger partial charge in [-0.05, 0) is 11.6 Å². The Morgan fingerprint density at radius 3 is 2.94 bits per heavy atom. The highest BCUT2D eigenvalue weighted by atomic mass is 16.5. The zero-order valence-electron chi connectivity index (χ0n) is 10.9. The smallest absolute Gasteiger partial charge is 0.0897 e. The van der Waals surface area contributed by atoms with Crippen molar-refractivity contribution in [3.8, 4) is 0 Å². The number of nitrogens with zero attached hydrogens (tertiary/aromatic N) is 1. The largest absolute Gasteiger partial charge is 0.389 e. The molecule has 0 aliphatic carbocycles. The van der Waals surface area contributed by atoms with Crippen LogP contribution in [0.5, 0.6) is 0 Å². The first kappa shape index (κ1) is 13.1. The Morgan fingerprint density at radius 2 is 2.17 bits per heavy atom. The molecule has 2 aromatic rings. The zero-order valence-corrected chi connectivity index (χ0v) is 10.9. The lowest BCUT2D eigenvalue weighted by Gasteiger charge is -2.10. The Labute approximate surface area is 107 Å². The topological polar surface area (TPSA) is 46.4 Å². The van der Waals surface area contributed by atoms with Gasteiger partial charge in [-0.2, -0.15) is 0 Å². The number of aliphatic hydroxyl groups is 1. The van der Waals surface area contributed by atoms with Crippen molar-refractivity contribution in [2.24, 2.45) is 7.05 Å². The van der Waals surface area contributed by atoms with Crippen LogP contribution in [-0.2, 0) is 18.3 Å². The number of benzene rings is 1. The van der Waals surface area contributed by atoms with Crippen LogP contribution in [0.1, 0.15) is 5.56 Å². The number of ether oxygens (including phenoxy) is 1. The van der Waals surface area contributed by atoms with Gasteiger partial charge in [0.25, 0.3) is 0 Å². The van der Waals surface area contributed by atoms with Crippen molar-refractivity contribution in [3.05, 3.63) is 36.0 Å². The van der Waals surface area contributed by atoms with Gasteiger partial charge in [-0.3, -0.25) is 0 Å². The number of hydrogen-bond donors (Lipinski definition) is 2. The molecule has 0 fully saturated rings. The maximum atomic E-state index is 9.55. The van der Waals surface area contributed by atoms with Crippen LogP contribution in [0.15, 0.2) is 30.5 Å². The van der Waals surface area contributed by atoms with E-state index in [1.54, 1.807) is 7.11 Å². The third kappa shape index (κ3) is 2.90. The highest BCUT2D eigenvalue weighted by Crippen LogP contribution is 2.19. The van der Waals surface area contributed by atoms with E-state index in [2.05, 4.69) is 28.2 Å². The Bertz CT molecular complexity index is 507. The second kappa shape index (κ2) is 6.00. The summed E-state index contributed by atoms with van der Waals surface area (Å²) in [4.78, 5) is 0. The Hall–Kier alpha value is -1.36. The van der Waals surface area contributed by atoms with Crippen molar-refractivity contribution in [3.63, 3.8) is 0 Å². The molecule has 18 heavy (non-hydrogen) atoms. The summed E-state index contributed by atoms with van der Waals surface area (Å²) in [5, 5.41) is 14.1. The summed E-state index contributed by atoms with van der Waals surface area (Å²) >= 11 is 0. The fourth-order valence-corrected chi connectivity index (χ4v) is 2.19. The van der Waals surface area contributed by atoms with Crippen molar-refractivity contribution in [2.75, 3.05) is 20.3 Å². The molecule has 98 valence electrons. The fourth-order valence-electron chi connectivity index (χ4n) is 2.19. The van der Waals surface area contributed by atoms with E-state index in [1.165, 1.54) is 16.5 Å². The predicted octanol–water partition coefficient (Wildman–Crippen LogP) is 1.28. The lowest BCUT2D eigenvalue weighted by atomic mass is 10.2. The number of fused-ring (bicyclic) bond motifs is 1. The molecule has 2 N–H and O–H groups in total. The third-order valence-corrected chi connectivity index (χ3v) is 3.03. The standard InChI is InChI=1S/C14H20N2O2/c1-16-9-11(7-15-8-12(17)10-18-2)13-5-3-4-6-14(13)16/h3-6,9,12,15,17H,7-8,10H2,1-2H3. The van der Waals surface area contributed by atoms with Crippen molar-refractivity contribution < 1.29 is 9.84 Å². The van der Waals surface area contributed by atoms with Crippen LogP contribution in [0.4, 0.5) is 0 Å².